The zero-order valence-electron chi connectivity index (χ0n) is 10.1. The topological polar surface area (TPSA) is 39.1 Å². The highest BCUT2D eigenvalue weighted by Gasteiger charge is 2.18. The Bertz CT molecular complexity index is 318. The Labute approximate surface area is 97.0 Å². The molecule has 0 bridgehead atoms. The average molecular weight is 223 g/mol. The molecule has 2 atom stereocenters. The molecule has 2 rings (SSSR count). The van der Waals surface area contributed by atoms with E-state index in [-0.39, 0.29) is 0 Å². The molecule has 1 aromatic heterocycles. The van der Waals surface area contributed by atoms with E-state index >= 15 is 0 Å². The van der Waals surface area contributed by atoms with Crippen LogP contribution in [0.15, 0.2) is 12.4 Å². The quantitative estimate of drug-likeness (QED) is 0.825. The second-order valence-corrected chi connectivity index (χ2v) is 4.50. The van der Waals surface area contributed by atoms with Crippen molar-refractivity contribution in [2.45, 2.75) is 37.8 Å². The van der Waals surface area contributed by atoms with Crippen LogP contribution in [0, 0.1) is 0 Å². The summed E-state index contributed by atoms with van der Waals surface area (Å²) in [6.07, 6.45) is 9.21. The van der Waals surface area contributed by atoms with Gasteiger partial charge in [-0.05, 0) is 32.7 Å². The number of ether oxygens (including phenoxy) is 1. The van der Waals surface area contributed by atoms with Crippen LogP contribution in [0.3, 0.4) is 0 Å². The molecule has 0 spiro atoms. The summed E-state index contributed by atoms with van der Waals surface area (Å²) in [4.78, 5) is 0. The van der Waals surface area contributed by atoms with Crippen molar-refractivity contribution in [2.24, 2.45) is 7.05 Å². The summed E-state index contributed by atoms with van der Waals surface area (Å²) in [7, 11) is 3.96. The van der Waals surface area contributed by atoms with Gasteiger partial charge < -0.3 is 10.1 Å². The fourth-order valence-corrected chi connectivity index (χ4v) is 2.32. The van der Waals surface area contributed by atoms with Crippen molar-refractivity contribution >= 4 is 0 Å². The molecule has 16 heavy (non-hydrogen) atoms. The van der Waals surface area contributed by atoms with E-state index in [2.05, 4.69) is 16.6 Å². The molecule has 0 aromatic carbocycles. The molecule has 0 amide bonds. The summed E-state index contributed by atoms with van der Waals surface area (Å²) in [6, 6.07) is 0.401. The van der Waals surface area contributed by atoms with E-state index < -0.39 is 0 Å². The number of aryl methyl sites for hydroxylation is 1. The van der Waals surface area contributed by atoms with Gasteiger partial charge in [-0.15, -0.1) is 0 Å². The zero-order valence-corrected chi connectivity index (χ0v) is 10.1. The summed E-state index contributed by atoms with van der Waals surface area (Å²) in [5, 5.41) is 7.56. The summed E-state index contributed by atoms with van der Waals surface area (Å²) in [5.74, 6) is 0. The standard InChI is InChI=1S/C12H21N3O/c1-13-12(10-8-14-15(2)9-10)6-5-11-4-3-7-16-11/h8-9,11-13H,3-7H2,1-2H3. The molecule has 0 saturated carbocycles. The van der Waals surface area contributed by atoms with E-state index in [1.165, 1.54) is 18.4 Å². The molecular formula is C12H21N3O. The van der Waals surface area contributed by atoms with Crippen LogP contribution in [0.1, 0.15) is 37.3 Å². The number of hydrogen-bond acceptors (Lipinski definition) is 3. The Morgan fingerprint density at radius 1 is 1.69 bits per heavy atom. The largest absolute Gasteiger partial charge is 0.378 e. The lowest BCUT2D eigenvalue weighted by Gasteiger charge is -2.16. The first-order valence-corrected chi connectivity index (χ1v) is 6.07. The maximum absolute atomic E-state index is 5.64. The highest BCUT2D eigenvalue weighted by molar-refractivity contribution is 5.09. The molecule has 4 heteroatoms. The lowest BCUT2D eigenvalue weighted by molar-refractivity contribution is 0.0998. The summed E-state index contributed by atoms with van der Waals surface area (Å²) in [5.41, 5.74) is 1.27. The van der Waals surface area contributed by atoms with Gasteiger partial charge in [-0.25, -0.2) is 0 Å². The van der Waals surface area contributed by atoms with Crippen LogP contribution in [0.5, 0.6) is 0 Å². The summed E-state index contributed by atoms with van der Waals surface area (Å²) >= 11 is 0. The van der Waals surface area contributed by atoms with E-state index in [1.807, 2.05) is 25.0 Å². The monoisotopic (exact) mass is 223 g/mol. The molecule has 90 valence electrons. The van der Waals surface area contributed by atoms with Crippen LogP contribution < -0.4 is 5.32 Å². The maximum Gasteiger partial charge on any atom is 0.0576 e. The number of aromatic nitrogens is 2. The maximum atomic E-state index is 5.64. The second-order valence-electron chi connectivity index (χ2n) is 4.50. The molecule has 4 nitrogen and oxygen atoms in total. The van der Waals surface area contributed by atoms with Crippen molar-refractivity contribution in [2.75, 3.05) is 13.7 Å². The lowest BCUT2D eigenvalue weighted by atomic mass is 10.0. The third kappa shape index (κ3) is 2.83. The highest BCUT2D eigenvalue weighted by atomic mass is 16.5. The zero-order chi connectivity index (χ0) is 11.4. The number of hydrogen-bond donors (Lipinski definition) is 1. The van der Waals surface area contributed by atoms with Gasteiger partial charge in [0.2, 0.25) is 0 Å². The molecule has 1 N–H and O–H groups in total. The minimum Gasteiger partial charge on any atom is -0.378 e. The van der Waals surface area contributed by atoms with Crippen molar-refractivity contribution < 1.29 is 4.74 Å². The molecule has 1 saturated heterocycles. The van der Waals surface area contributed by atoms with Crippen LogP contribution in [-0.4, -0.2) is 29.5 Å². The fourth-order valence-electron chi connectivity index (χ4n) is 2.32. The Hall–Kier alpha value is -0.870. The van der Waals surface area contributed by atoms with Crippen molar-refractivity contribution in [1.82, 2.24) is 15.1 Å². The Kier molecular flexibility index (Phi) is 3.96. The predicted octanol–water partition coefficient (Wildman–Crippen LogP) is 1.64. The van der Waals surface area contributed by atoms with E-state index in [9.17, 15) is 0 Å². The molecule has 0 aliphatic carbocycles. The van der Waals surface area contributed by atoms with Gasteiger partial charge in [0.15, 0.2) is 0 Å². The molecule has 1 aromatic rings. The van der Waals surface area contributed by atoms with Crippen molar-refractivity contribution in [1.29, 1.82) is 0 Å². The number of nitrogens with zero attached hydrogens (tertiary/aromatic N) is 2. The van der Waals surface area contributed by atoms with Crippen LogP contribution in [-0.2, 0) is 11.8 Å². The van der Waals surface area contributed by atoms with E-state index in [4.69, 9.17) is 4.74 Å². The molecule has 1 fully saturated rings. The van der Waals surface area contributed by atoms with Crippen LogP contribution in [0.25, 0.3) is 0 Å². The van der Waals surface area contributed by atoms with Gasteiger partial charge >= 0.3 is 0 Å². The molecular weight excluding hydrogens is 202 g/mol. The first-order valence-electron chi connectivity index (χ1n) is 6.07. The molecule has 1 aliphatic heterocycles. The number of rotatable bonds is 5. The third-order valence-electron chi connectivity index (χ3n) is 3.28. The van der Waals surface area contributed by atoms with Gasteiger partial charge in [-0.1, -0.05) is 0 Å². The normalized spacial score (nSPS) is 22.5. The van der Waals surface area contributed by atoms with Crippen LogP contribution in [0.2, 0.25) is 0 Å². The van der Waals surface area contributed by atoms with Gasteiger partial charge in [-0.3, -0.25) is 4.68 Å². The summed E-state index contributed by atoms with van der Waals surface area (Å²) in [6.45, 7) is 0.946. The van der Waals surface area contributed by atoms with Crippen LogP contribution >= 0.6 is 0 Å². The molecule has 1 aliphatic rings. The first-order chi connectivity index (χ1) is 7.79. The van der Waals surface area contributed by atoms with Crippen molar-refractivity contribution in [3.8, 4) is 0 Å². The van der Waals surface area contributed by atoms with Gasteiger partial charge in [-0.2, -0.15) is 5.10 Å². The SMILES string of the molecule is CNC(CCC1CCCO1)c1cnn(C)c1. The van der Waals surface area contributed by atoms with Gasteiger partial charge in [0.05, 0.1) is 12.3 Å². The number of nitrogens with one attached hydrogen (secondary N) is 1. The van der Waals surface area contributed by atoms with Crippen LogP contribution in [0.4, 0.5) is 0 Å². The van der Waals surface area contributed by atoms with Gasteiger partial charge in [0, 0.05) is 31.5 Å². The highest BCUT2D eigenvalue weighted by Crippen LogP contribution is 2.23. The van der Waals surface area contributed by atoms with Crippen molar-refractivity contribution in [3.05, 3.63) is 18.0 Å². The summed E-state index contributed by atoms with van der Waals surface area (Å²) < 4.78 is 7.49. The molecule has 2 unspecified atom stereocenters. The van der Waals surface area contributed by atoms with Gasteiger partial charge in [0.25, 0.3) is 0 Å². The van der Waals surface area contributed by atoms with Crippen molar-refractivity contribution in [3.63, 3.8) is 0 Å². The van der Waals surface area contributed by atoms with Gasteiger partial charge in [0.1, 0.15) is 0 Å². The molecule has 2 heterocycles. The third-order valence-corrected chi connectivity index (χ3v) is 3.28. The smallest absolute Gasteiger partial charge is 0.0576 e. The predicted molar refractivity (Wildman–Crippen MR) is 63.2 cm³/mol. The Morgan fingerprint density at radius 3 is 3.12 bits per heavy atom. The van der Waals surface area contributed by atoms with E-state index in [0.717, 1.165) is 19.4 Å². The lowest BCUT2D eigenvalue weighted by Crippen LogP contribution is -2.18. The minimum absolute atomic E-state index is 0.401. The fraction of sp³-hybridized carbons (Fsp3) is 0.750. The van der Waals surface area contributed by atoms with E-state index in [0.29, 0.717) is 12.1 Å². The molecule has 0 radical (unpaired) electrons. The average Bonchev–Trinajstić information content (AvgIpc) is 2.91. The Balaban J connectivity index is 1.85. The van der Waals surface area contributed by atoms with E-state index in [1.54, 1.807) is 0 Å². The first kappa shape index (κ1) is 11.6. The minimum atomic E-state index is 0.401. The second kappa shape index (κ2) is 5.46. The Morgan fingerprint density at radius 2 is 2.56 bits per heavy atom.